The monoisotopic (exact) mass is 226 g/mol. The Bertz CT molecular complexity index is 366. The zero-order valence-electron chi connectivity index (χ0n) is 8.96. The molecule has 0 unspecified atom stereocenters. The van der Waals surface area contributed by atoms with Gasteiger partial charge in [-0.1, -0.05) is 24.6 Å². The van der Waals surface area contributed by atoms with Crippen molar-refractivity contribution in [2.24, 2.45) is 0 Å². The lowest BCUT2D eigenvalue weighted by molar-refractivity contribution is 0.0796. The summed E-state index contributed by atoms with van der Waals surface area (Å²) >= 11 is 5.84. The van der Waals surface area contributed by atoms with Gasteiger partial charge in [0.05, 0.1) is 16.3 Å². The fourth-order valence-electron chi connectivity index (χ4n) is 1.37. The summed E-state index contributed by atoms with van der Waals surface area (Å²) in [7, 11) is 1.76. The highest BCUT2D eigenvalue weighted by molar-refractivity contribution is 6.33. The fourth-order valence-corrected chi connectivity index (χ4v) is 1.54. The number of amides is 1. The molecule has 15 heavy (non-hydrogen) atoms. The maximum absolute atomic E-state index is 11.9. The van der Waals surface area contributed by atoms with Crippen molar-refractivity contribution >= 4 is 23.2 Å². The molecular weight excluding hydrogens is 212 g/mol. The van der Waals surface area contributed by atoms with Crippen molar-refractivity contribution in [2.45, 2.75) is 13.3 Å². The molecule has 4 heteroatoms. The SMILES string of the molecule is CCCN(C)C(=O)c1cccc(Cl)c1N. The Kier molecular flexibility index (Phi) is 3.97. The van der Waals surface area contributed by atoms with E-state index in [1.165, 1.54) is 0 Å². The van der Waals surface area contributed by atoms with Crippen molar-refractivity contribution in [1.29, 1.82) is 0 Å². The predicted molar refractivity (Wildman–Crippen MR) is 63.1 cm³/mol. The number of halogens is 1. The van der Waals surface area contributed by atoms with Crippen LogP contribution in [0, 0.1) is 0 Å². The van der Waals surface area contributed by atoms with E-state index in [4.69, 9.17) is 17.3 Å². The zero-order chi connectivity index (χ0) is 11.4. The van der Waals surface area contributed by atoms with Gasteiger partial charge in [-0.3, -0.25) is 4.79 Å². The highest BCUT2D eigenvalue weighted by atomic mass is 35.5. The number of benzene rings is 1. The average molecular weight is 227 g/mol. The Morgan fingerprint density at radius 2 is 2.20 bits per heavy atom. The Labute approximate surface area is 94.8 Å². The number of hydrogen-bond acceptors (Lipinski definition) is 2. The summed E-state index contributed by atoms with van der Waals surface area (Å²) in [5, 5.41) is 0.422. The van der Waals surface area contributed by atoms with Crippen LogP contribution in [0.25, 0.3) is 0 Å². The van der Waals surface area contributed by atoms with Crippen molar-refractivity contribution in [3.63, 3.8) is 0 Å². The maximum atomic E-state index is 11.9. The minimum atomic E-state index is -0.0862. The Morgan fingerprint density at radius 1 is 1.53 bits per heavy atom. The second kappa shape index (κ2) is 5.03. The summed E-state index contributed by atoms with van der Waals surface area (Å²) in [5.74, 6) is -0.0862. The summed E-state index contributed by atoms with van der Waals surface area (Å²) in [6.45, 7) is 2.73. The molecule has 0 aliphatic heterocycles. The van der Waals surface area contributed by atoms with Gasteiger partial charge in [-0.15, -0.1) is 0 Å². The minimum Gasteiger partial charge on any atom is -0.397 e. The van der Waals surface area contributed by atoms with Crippen LogP contribution in [0.3, 0.4) is 0 Å². The Hall–Kier alpha value is -1.22. The largest absolute Gasteiger partial charge is 0.397 e. The van der Waals surface area contributed by atoms with Gasteiger partial charge in [0.15, 0.2) is 0 Å². The number of nitrogen functional groups attached to an aromatic ring is 1. The van der Waals surface area contributed by atoms with E-state index in [0.29, 0.717) is 22.8 Å². The summed E-state index contributed by atoms with van der Waals surface area (Å²) < 4.78 is 0. The molecule has 0 saturated heterocycles. The first-order valence-electron chi connectivity index (χ1n) is 4.87. The molecule has 0 spiro atoms. The molecule has 0 aromatic heterocycles. The molecule has 1 rings (SSSR count). The average Bonchev–Trinajstić information content (AvgIpc) is 2.21. The Balaban J connectivity index is 2.96. The van der Waals surface area contributed by atoms with Gasteiger partial charge in [0, 0.05) is 13.6 Å². The summed E-state index contributed by atoms with van der Waals surface area (Å²) in [6, 6.07) is 5.09. The first kappa shape index (κ1) is 11.9. The number of nitrogens with two attached hydrogens (primary N) is 1. The molecule has 3 nitrogen and oxygen atoms in total. The van der Waals surface area contributed by atoms with Crippen molar-refractivity contribution < 1.29 is 4.79 Å². The van der Waals surface area contributed by atoms with E-state index < -0.39 is 0 Å². The van der Waals surface area contributed by atoms with Gasteiger partial charge < -0.3 is 10.6 Å². The molecule has 0 atom stereocenters. The van der Waals surface area contributed by atoms with E-state index >= 15 is 0 Å². The molecule has 0 aliphatic rings. The van der Waals surface area contributed by atoms with Crippen LogP contribution in [0.1, 0.15) is 23.7 Å². The first-order valence-corrected chi connectivity index (χ1v) is 5.25. The first-order chi connectivity index (χ1) is 7.07. The van der Waals surface area contributed by atoms with Gasteiger partial charge in [0.25, 0.3) is 5.91 Å². The molecule has 0 saturated carbocycles. The van der Waals surface area contributed by atoms with Crippen LogP contribution in [0.4, 0.5) is 5.69 Å². The van der Waals surface area contributed by atoms with Gasteiger partial charge in [0.1, 0.15) is 0 Å². The van der Waals surface area contributed by atoms with E-state index in [1.807, 2.05) is 6.92 Å². The van der Waals surface area contributed by atoms with Crippen LogP contribution in [0.5, 0.6) is 0 Å². The van der Waals surface area contributed by atoms with Crippen molar-refractivity contribution in [3.8, 4) is 0 Å². The van der Waals surface area contributed by atoms with Crippen LogP contribution < -0.4 is 5.73 Å². The standard InChI is InChI=1S/C11H15ClN2O/c1-3-7-14(2)11(15)8-5-4-6-9(12)10(8)13/h4-6H,3,7,13H2,1-2H3. The lowest BCUT2D eigenvalue weighted by Crippen LogP contribution is -2.28. The third-order valence-corrected chi connectivity index (χ3v) is 2.52. The van der Waals surface area contributed by atoms with Crippen LogP contribution in [-0.4, -0.2) is 24.4 Å². The lowest BCUT2D eigenvalue weighted by Gasteiger charge is -2.17. The fraction of sp³-hybridized carbons (Fsp3) is 0.364. The quantitative estimate of drug-likeness (QED) is 0.805. The van der Waals surface area contributed by atoms with E-state index in [-0.39, 0.29) is 5.91 Å². The van der Waals surface area contributed by atoms with E-state index in [2.05, 4.69) is 0 Å². The molecule has 2 N–H and O–H groups in total. The van der Waals surface area contributed by atoms with Crippen molar-refractivity contribution in [1.82, 2.24) is 4.90 Å². The highest BCUT2D eigenvalue weighted by Gasteiger charge is 2.14. The van der Waals surface area contributed by atoms with Crippen molar-refractivity contribution in [3.05, 3.63) is 28.8 Å². The maximum Gasteiger partial charge on any atom is 0.255 e. The third-order valence-electron chi connectivity index (χ3n) is 2.19. The van der Waals surface area contributed by atoms with Gasteiger partial charge in [-0.25, -0.2) is 0 Å². The van der Waals surface area contributed by atoms with Crippen LogP contribution in [0.2, 0.25) is 5.02 Å². The van der Waals surface area contributed by atoms with Gasteiger partial charge >= 0.3 is 0 Å². The zero-order valence-corrected chi connectivity index (χ0v) is 9.71. The van der Waals surface area contributed by atoms with Gasteiger partial charge in [0.2, 0.25) is 0 Å². The number of carbonyl (C=O) groups excluding carboxylic acids is 1. The topological polar surface area (TPSA) is 46.3 Å². The molecule has 1 aromatic rings. The lowest BCUT2D eigenvalue weighted by atomic mass is 10.1. The van der Waals surface area contributed by atoms with E-state index in [9.17, 15) is 4.79 Å². The summed E-state index contributed by atoms with van der Waals surface area (Å²) in [4.78, 5) is 13.5. The molecule has 0 aliphatic carbocycles. The molecule has 0 heterocycles. The van der Waals surface area contributed by atoms with Gasteiger partial charge in [-0.05, 0) is 18.6 Å². The molecule has 0 radical (unpaired) electrons. The third kappa shape index (κ3) is 2.63. The summed E-state index contributed by atoms with van der Waals surface area (Å²) in [6.07, 6.45) is 0.919. The van der Waals surface area contributed by atoms with E-state index in [1.54, 1.807) is 30.1 Å². The van der Waals surface area contributed by atoms with Gasteiger partial charge in [-0.2, -0.15) is 0 Å². The molecule has 1 amide bonds. The molecule has 82 valence electrons. The number of rotatable bonds is 3. The minimum absolute atomic E-state index is 0.0862. The second-order valence-electron chi connectivity index (χ2n) is 3.43. The molecular formula is C11H15ClN2O. The predicted octanol–water partition coefficient (Wildman–Crippen LogP) is 2.40. The number of para-hydroxylation sites is 1. The number of carbonyl (C=O) groups is 1. The Morgan fingerprint density at radius 3 is 2.80 bits per heavy atom. The van der Waals surface area contributed by atoms with Crippen LogP contribution in [-0.2, 0) is 0 Å². The molecule has 1 aromatic carbocycles. The molecule has 0 fully saturated rings. The number of anilines is 1. The van der Waals surface area contributed by atoms with Crippen LogP contribution in [0.15, 0.2) is 18.2 Å². The van der Waals surface area contributed by atoms with E-state index in [0.717, 1.165) is 6.42 Å². The second-order valence-corrected chi connectivity index (χ2v) is 3.83. The summed E-state index contributed by atoms with van der Waals surface area (Å²) in [5.41, 5.74) is 6.56. The van der Waals surface area contributed by atoms with Crippen LogP contribution >= 0.6 is 11.6 Å². The normalized spacial score (nSPS) is 10.1. The van der Waals surface area contributed by atoms with Crippen molar-refractivity contribution in [2.75, 3.05) is 19.3 Å². The highest BCUT2D eigenvalue weighted by Crippen LogP contribution is 2.23. The number of nitrogens with zero attached hydrogens (tertiary/aromatic N) is 1. The number of hydrogen-bond donors (Lipinski definition) is 1. The smallest absolute Gasteiger partial charge is 0.255 e. The molecule has 0 bridgehead atoms.